The van der Waals surface area contributed by atoms with Crippen LogP contribution in [0.1, 0.15) is 53.4 Å². The van der Waals surface area contributed by atoms with Gasteiger partial charge in [0.05, 0.1) is 6.61 Å². The maximum absolute atomic E-state index is 9.20. The lowest BCUT2D eigenvalue weighted by molar-refractivity contribution is 0.203. The number of aliphatic hydroxyl groups is 1. The average Bonchev–Trinajstić information content (AvgIpc) is 2.23. The molecule has 0 aliphatic carbocycles. The highest BCUT2D eigenvalue weighted by molar-refractivity contribution is 4.71. The Bertz CT molecular complexity index is 136. The van der Waals surface area contributed by atoms with Crippen LogP contribution >= 0.6 is 0 Å². The van der Waals surface area contributed by atoms with Gasteiger partial charge in [-0.05, 0) is 24.8 Å². The van der Waals surface area contributed by atoms with Gasteiger partial charge in [0.2, 0.25) is 0 Å². The van der Waals surface area contributed by atoms with Gasteiger partial charge in [-0.1, -0.05) is 47.0 Å². The fraction of sp³-hybridized carbons (Fsp3) is 1.00. The minimum Gasteiger partial charge on any atom is -0.395 e. The summed E-state index contributed by atoms with van der Waals surface area (Å²) >= 11 is 0. The molecule has 0 saturated heterocycles. The van der Waals surface area contributed by atoms with E-state index in [1.54, 1.807) is 0 Å². The van der Waals surface area contributed by atoms with Crippen LogP contribution in [-0.2, 0) is 0 Å². The third kappa shape index (κ3) is 6.91. The Morgan fingerprint density at radius 3 is 2.27 bits per heavy atom. The number of nitrogens with one attached hydrogen (secondary N) is 1. The Morgan fingerprint density at radius 2 is 1.87 bits per heavy atom. The molecular formula is C13H29NO. The van der Waals surface area contributed by atoms with E-state index in [-0.39, 0.29) is 12.6 Å². The van der Waals surface area contributed by atoms with Crippen molar-refractivity contribution in [1.29, 1.82) is 0 Å². The predicted octanol–water partition coefficient (Wildman–Crippen LogP) is 2.81. The molecule has 15 heavy (non-hydrogen) atoms. The van der Waals surface area contributed by atoms with Crippen molar-refractivity contribution in [2.75, 3.05) is 13.2 Å². The molecule has 0 aromatic carbocycles. The molecule has 0 spiro atoms. The first-order valence-electron chi connectivity index (χ1n) is 6.49. The zero-order valence-corrected chi connectivity index (χ0v) is 10.9. The van der Waals surface area contributed by atoms with E-state index in [4.69, 9.17) is 0 Å². The summed E-state index contributed by atoms with van der Waals surface area (Å²) in [4.78, 5) is 0. The Hall–Kier alpha value is -0.0800. The van der Waals surface area contributed by atoms with E-state index >= 15 is 0 Å². The number of rotatable bonds is 9. The summed E-state index contributed by atoms with van der Waals surface area (Å²) in [6.45, 7) is 10.1. The zero-order valence-electron chi connectivity index (χ0n) is 10.9. The van der Waals surface area contributed by atoms with Gasteiger partial charge in [-0.3, -0.25) is 0 Å². The van der Waals surface area contributed by atoms with Crippen molar-refractivity contribution >= 4 is 0 Å². The smallest absolute Gasteiger partial charge is 0.0587 e. The van der Waals surface area contributed by atoms with E-state index in [1.165, 1.54) is 25.7 Å². The molecule has 0 bridgehead atoms. The molecule has 1 unspecified atom stereocenters. The van der Waals surface area contributed by atoms with E-state index in [0.29, 0.717) is 5.92 Å². The van der Waals surface area contributed by atoms with E-state index in [1.807, 2.05) is 0 Å². The first-order valence-corrected chi connectivity index (χ1v) is 6.49. The van der Waals surface area contributed by atoms with Crippen molar-refractivity contribution in [3.05, 3.63) is 0 Å². The van der Waals surface area contributed by atoms with Crippen LogP contribution in [0.4, 0.5) is 0 Å². The summed E-state index contributed by atoms with van der Waals surface area (Å²) in [5.74, 6) is 1.29. The lowest BCUT2D eigenvalue weighted by Crippen LogP contribution is -2.39. The molecule has 2 atom stereocenters. The fourth-order valence-electron chi connectivity index (χ4n) is 1.77. The lowest BCUT2D eigenvalue weighted by atomic mass is 9.98. The summed E-state index contributed by atoms with van der Waals surface area (Å²) in [6, 6.07) is 0.265. The second-order valence-electron chi connectivity index (χ2n) is 4.86. The molecule has 2 heteroatoms. The fourth-order valence-corrected chi connectivity index (χ4v) is 1.77. The maximum atomic E-state index is 9.20. The Morgan fingerprint density at radius 1 is 1.20 bits per heavy atom. The van der Waals surface area contributed by atoms with Crippen molar-refractivity contribution < 1.29 is 5.11 Å². The van der Waals surface area contributed by atoms with Gasteiger partial charge in [0.25, 0.3) is 0 Å². The predicted molar refractivity (Wildman–Crippen MR) is 67.0 cm³/mol. The van der Waals surface area contributed by atoms with Gasteiger partial charge in [-0.25, -0.2) is 0 Å². The van der Waals surface area contributed by atoms with Crippen molar-refractivity contribution in [2.45, 2.75) is 59.4 Å². The molecule has 0 saturated carbocycles. The van der Waals surface area contributed by atoms with Crippen LogP contribution in [0.15, 0.2) is 0 Å². The summed E-state index contributed by atoms with van der Waals surface area (Å²) in [7, 11) is 0. The third-order valence-corrected chi connectivity index (χ3v) is 3.21. The van der Waals surface area contributed by atoms with Gasteiger partial charge in [0, 0.05) is 6.04 Å². The molecule has 2 nitrogen and oxygen atoms in total. The normalized spacial score (nSPS) is 15.6. The highest BCUT2D eigenvalue weighted by atomic mass is 16.3. The topological polar surface area (TPSA) is 32.3 Å². The van der Waals surface area contributed by atoms with Crippen LogP contribution in [0.2, 0.25) is 0 Å². The molecule has 0 heterocycles. The van der Waals surface area contributed by atoms with Gasteiger partial charge in [0.1, 0.15) is 0 Å². The molecule has 0 fully saturated rings. The van der Waals surface area contributed by atoms with Crippen LogP contribution in [0.5, 0.6) is 0 Å². The lowest BCUT2D eigenvalue weighted by Gasteiger charge is -2.23. The minimum absolute atomic E-state index is 0.252. The van der Waals surface area contributed by atoms with Gasteiger partial charge in [-0.2, -0.15) is 0 Å². The molecule has 0 aliphatic heterocycles. The molecule has 0 aromatic rings. The molecule has 2 N–H and O–H groups in total. The maximum Gasteiger partial charge on any atom is 0.0587 e. The number of hydrogen-bond donors (Lipinski definition) is 2. The number of aliphatic hydroxyl groups excluding tert-OH is 1. The Balaban J connectivity index is 3.76. The van der Waals surface area contributed by atoms with Gasteiger partial charge < -0.3 is 10.4 Å². The molecule has 92 valence electrons. The molecule has 0 rings (SSSR count). The third-order valence-electron chi connectivity index (χ3n) is 3.21. The van der Waals surface area contributed by atoms with Crippen molar-refractivity contribution in [3.63, 3.8) is 0 Å². The van der Waals surface area contributed by atoms with E-state index in [2.05, 4.69) is 33.0 Å². The van der Waals surface area contributed by atoms with Crippen LogP contribution < -0.4 is 5.32 Å². The van der Waals surface area contributed by atoms with Gasteiger partial charge in [0.15, 0.2) is 0 Å². The largest absolute Gasteiger partial charge is 0.395 e. The van der Waals surface area contributed by atoms with Crippen LogP contribution in [-0.4, -0.2) is 24.3 Å². The SMILES string of the molecule is CCCCC(CC)CN[C@H](CO)C(C)C. The summed E-state index contributed by atoms with van der Waals surface area (Å²) in [5.41, 5.74) is 0. The van der Waals surface area contributed by atoms with Gasteiger partial charge in [-0.15, -0.1) is 0 Å². The standard InChI is InChI=1S/C13H29NO/c1-5-7-8-12(6-2)9-14-13(10-15)11(3)4/h11-15H,5-10H2,1-4H3/t12?,13-/m1/s1. The van der Waals surface area contributed by atoms with Crippen molar-refractivity contribution in [2.24, 2.45) is 11.8 Å². The Kier molecular flexibility index (Phi) is 9.12. The van der Waals surface area contributed by atoms with Gasteiger partial charge >= 0.3 is 0 Å². The monoisotopic (exact) mass is 215 g/mol. The first kappa shape index (κ1) is 14.9. The summed E-state index contributed by atoms with van der Waals surface area (Å²) in [5, 5.41) is 12.7. The second kappa shape index (κ2) is 9.17. The second-order valence-corrected chi connectivity index (χ2v) is 4.86. The Labute approximate surface area is 95.5 Å². The van der Waals surface area contributed by atoms with Crippen molar-refractivity contribution in [1.82, 2.24) is 5.32 Å². The molecule has 0 amide bonds. The summed E-state index contributed by atoms with van der Waals surface area (Å²) < 4.78 is 0. The van der Waals surface area contributed by atoms with E-state index < -0.39 is 0 Å². The van der Waals surface area contributed by atoms with E-state index in [0.717, 1.165) is 12.5 Å². The molecule has 0 aliphatic rings. The van der Waals surface area contributed by atoms with E-state index in [9.17, 15) is 5.11 Å². The minimum atomic E-state index is 0.252. The zero-order chi connectivity index (χ0) is 11.7. The molecule has 0 radical (unpaired) electrons. The molecular weight excluding hydrogens is 186 g/mol. The average molecular weight is 215 g/mol. The van der Waals surface area contributed by atoms with Crippen LogP contribution in [0.3, 0.4) is 0 Å². The summed E-state index contributed by atoms with van der Waals surface area (Å²) in [6.07, 6.45) is 5.16. The highest BCUT2D eigenvalue weighted by Gasteiger charge is 2.13. The first-order chi connectivity index (χ1) is 7.15. The highest BCUT2D eigenvalue weighted by Crippen LogP contribution is 2.12. The quantitative estimate of drug-likeness (QED) is 0.620. The number of hydrogen-bond acceptors (Lipinski definition) is 2. The molecule has 0 aromatic heterocycles. The van der Waals surface area contributed by atoms with Crippen molar-refractivity contribution in [3.8, 4) is 0 Å². The van der Waals surface area contributed by atoms with Crippen LogP contribution in [0.25, 0.3) is 0 Å². The van der Waals surface area contributed by atoms with Crippen LogP contribution in [0, 0.1) is 11.8 Å². The number of unbranched alkanes of at least 4 members (excludes halogenated alkanes) is 1.